The highest BCUT2D eigenvalue weighted by molar-refractivity contribution is 5.98. The van der Waals surface area contributed by atoms with E-state index in [2.05, 4.69) is 10.3 Å². The molecule has 4 N–H and O–H groups in total. The first-order chi connectivity index (χ1) is 8.82. The number of aromatic nitrogens is 1. The smallest absolute Gasteiger partial charge is 0.308 e. The van der Waals surface area contributed by atoms with Crippen LogP contribution in [0.5, 0.6) is 0 Å². The molecule has 0 aliphatic carbocycles. The molecule has 0 radical (unpaired) electrons. The number of hydrogen-bond donors (Lipinski definition) is 3. The predicted molar refractivity (Wildman–Crippen MR) is 64.7 cm³/mol. The van der Waals surface area contributed by atoms with E-state index in [1.807, 2.05) is 0 Å². The van der Waals surface area contributed by atoms with Crippen LogP contribution in [0.4, 0.5) is 11.5 Å². The Morgan fingerprint density at radius 3 is 2.74 bits per heavy atom. The first-order valence-electron chi connectivity index (χ1n) is 5.23. The lowest BCUT2D eigenvalue weighted by molar-refractivity contribution is -0.385. The fraction of sp³-hybridized carbons (Fsp3) is 0.300. The van der Waals surface area contributed by atoms with Crippen molar-refractivity contribution in [3.05, 3.63) is 27.9 Å². The van der Waals surface area contributed by atoms with Gasteiger partial charge in [-0.1, -0.05) is 6.92 Å². The molecule has 0 aliphatic rings. The van der Waals surface area contributed by atoms with Crippen molar-refractivity contribution in [3.8, 4) is 0 Å². The molecule has 0 saturated heterocycles. The van der Waals surface area contributed by atoms with Crippen LogP contribution in [0.2, 0.25) is 0 Å². The zero-order chi connectivity index (χ0) is 14.6. The van der Waals surface area contributed by atoms with Gasteiger partial charge in [0.25, 0.3) is 11.6 Å². The van der Waals surface area contributed by atoms with Crippen LogP contribution in [-0.4, -0.2) is 33.4 Å². The molecule has 1 amide bonds. The summed E-state index contributed by atoms with van der Waals surface area (Å²) in [4.78, 5) is 35.4. The predicted octanol–water partition coefficient (Wildman–Crippen LogP) is 0.221. The second-order valence-corrected chi connectivity index (χ2v) is 3.83. The number of anilines is 1. The molecule has 1 aromatic rings. The number of nitrogens with zero attached hydrogens (tertiary/aromatic N) is 2. The minimum Gasteiger partial charge on any atom is -0.481 e. The van der Waals surface area contributed by atoms with Gasteiger partial charge in [-0.3, -0.25) is 19.7 Å². The van der Waals surface area contributed by atoms with Crippen LogP contribution in [0.1, 0.15) is 17.3 Å². The van der Waals surface area contributed by atoms with Crippen molar-refractivity contribution < 1.29 is 19.6 Å². The molecule has 0 fully saturated rings. The number of carboxylic acid groups (broad SMARTS) is 1. The number of hydrogen-bond acceptors (Lipinski definition) is 6. The van der Waals surface area contributed by atoms with Crippen molar-refractivity contribution in [2.75, 3.05) is 11.9 Å². The Morgan fingerprint density at radius 2 is 2.26 bits per heavy atom. The molecule has 0 aromatic carbocycles. The number of amides is 1. The molecule has 1 rings (SSSR count). The van der Waals surface area contributed by atoms with E-state index in [0.29, 0.717) is 0 Å². The monoisotopic (exact) mass is 268 g/mol. The van der Waals surface area contributed by atoms with Gasteiger partial charge in [0.1, 0.15) is 12.0 Å². The number of aliphatic carboxylic acids is 1. The number of pyridine rings is 1. The van der Waals surface area contributed by atoms with Gasteiger partial charge in [-0.15, -0.1) is 0 Å². The maximum Gasteiger partial charge on any atom is 0.308 e. The third-order valence-electron chi connectivity index (χ3n) is 2.35. The quantitative estimate of drug-likeness (QED) is 0.493. The molecule has 102 valence electrons. The third kappa shape index (κ3) is 3.63. The number of nitrogens with one attached hydrogen (secondary N) is 1. The van der Waals surface area contributed by atoms with E-state index in [9.17, 15) is 19.7 Å². The van der Waals surface area contributed by atoms with E-state index >= 15 is 0 Å². The summed E-state index contributed by atoms with van der Waals surface area (Å²) >= 11 is 0. The number of carbonyl (C=O) groups is 2. The lowest BCUT2D eigenvalue weighted by Crippen LogP contribution is -2.22. The van der Waals surface area contributed by atoms with E-state index in [1.54, 1.807) is 0 Å². The van der Waals surface area contributed by atoms with Crippen molar-refractivity contribution in [1.29, 1.82) is 0 Å². The third-order valence-corrected chi connectivity index (χ3v) is 2.35. The number of nitrogens with two attached hydrogens (primary N) is 1. The van der Waals surface area contributed by atoms with Crippen molar-refractivity contribution in [2.24, 2.45) is 11.7 Å². The molecule has 0 spiro atoms. The molecule has 1 atom stereocenters. The van der Waals surface area contributed by atoms with Gasteiger partial charge in [0, 0.05) is 12.6 Å². The van der Waals surface area contributed by atoms with Crippen LogP contribution in [0, 0.1) is 16.0 Å². The highest BCUT2D eigenvalue weighted by atomic mass is 16.6. The lowest BCUT2D eigenvalue weighted by Gasteiger charge is -2.11. The van der Waals surface area contributed by atoms with Crippen molar-refractivity contribution in [2.45, 2.75) is 6.92 Å². The Balaban J connectivity index is 2.97. The fourth-order valence-electron chi connectivity index (χ4n) is 1.22. The molecule has 1 aromatic heterocycles. The first kappa shape index (κ1) is 14.4. The van der Waals surface area contributed by atoms with Crippen LogP contribution in [-0.2, 0) is 4.79 Å². The van der Waals surface area contributed by atoms with Crippen LogP contribution < -0.4 is 11.1 Å². The number of rotatable bonds is 6. The molecule has 19 heavy (non-hydrogen) atoms. The highest BCUT2D eigenvalue weighted by Gasteiger charge is 2.17. The van der Waals surface area contributed by atoms with Gasteiger partial charge in [0.15, 0.2) is 0 Å². The van der Waals surface area contributed by atoms with Gasteiger partial charge >= 0.3 is 5.97 Å². The number of carbonyl (C=O) groups excluding carboxylic acids is 1. The minimum atomic E-state index is -1.02. The maximum absolute atomic E-state index is 11.2. The summed E-state index contributed by atoms with van der Waals surface area (Å²) in [6.45, 7) is 1.48. The van der Waals surface area contributed by atoms with Gasteiger partial charge < -0.3 is 16.2 Å². The van der Waals surface area contributed by atoms with Crippen LogP contribution in [0.25, 0.3) is 0 Å². The molecule has 1 heterocycles. The molecule has 9 heteroatoms. The van der Waals surface area contributed by atoms with E-state index in [1.165, 1.54) is 6.92 Å². The van der Waals surface area contributed by atoms with Gasteiger partial charge in [0.05, 0.1) is 16.4 Å². The summed E-state index contributed by atoms with van der Waals surface area (Å²) in [6, 6.07) is 0.989. The topological polar surface area (TPSA) is 148 Å². The number of carboxylic acids is 1. The zero-order valence-corrected chi connectivity index (χ0v) is 9.99. The van der Waals surface area contributed by atoms with Gasteiger partial charge in [-0.2, -0.15) is 0 Å². The Morgan fingerprint density at radius 1 is 1.63 bits per heavy atom. The Labute approximate surface area is 107 Å². The number of nitro groups is 1. The lowest BCUT2D eigenvalue weighted by atomic mass is 10.1. The molecule has 1 unspecified atom stereocenters. The Hall–Kier alpha value is -2.71. The summed E-state index contributed by atoms with van der Waals surface area (Å²) in [5.41, 5.74) is 4.56. The molecule has 9 nitrogen and oxygen atoms in total. The standard InChI is InChI=1S/C10H12N4O5/c1-5(10(16)17)3-12-9-7(8(11)15)2-6(4-13-9)14(18)19/h2,4-5H,3H2,1H3,(H2,11,15)(H,12,13)(H,16,17). The van der Waals surface area contributed by atoms with Crippen LogP contribution in [0.15, 0.2) is 12.3 Å². The average Bonchev–Trinajstić information content (AvgIpc) is 2.35. The molecule has 0 bridgehead atoms. The summed E-state index contributed by atoms with van der Waals surface area (Å²) in [6.07, 6.45) is 0.959. The first-order valence-corrected chi connectivity index (χ1v) is 5.23. The zero-order valence-electron chi connectivity index (χ0n) is 9.99. The molecular weight excluding hydrogens is 256 g/mol. The van der Waals surface area contributed by atoms with Crippen LogP contribution in [0.3, 0.4) is 0 Å². The van der Waals surface area contributed by atoms with Crippen molar-refractivity contribution in [3.63, 3.8) is 0 Å². The summed E-state index contributed by atoms with van der Waals surface area (Å²) in [7, 11) is 0. The highest BCUT2D eigenvalue weighted by Crippen LogP contribution is 2.18. The molecule has 0 aliphatic heterocycles. The Kier molecular flexibility index (Phi) is 4.35. The Bertz CT molecular complexity index is 531. The second kappa shape index (κ2) is 5.76. The second-order valence-electron chi connectivity index (χ2n) is 3.83. The summed E-state index contributed by atoms with van der Waals surface area (Å²) in [5, 5.41) is 21.9. The summed E-state index contributed by atoms with van der Waals surface area (Å²) < 4.78 is 0. The van der Waals surface area contributed by atoms with Gasteiger partial charge in [0.2, 0.25) is 0 Å². The molecular formula is C10H12N4O5. The van der Waals surface area contributed by atoms with Crippen LogP contribution >= 0.6 is 0 Å². The summed E-state index contributed by atoms with van der Waals surface area (Å²) in [5.74, 6) is -2.60. The average molecular weight is 268 g/mol. The normalized spacial score (nSPS) is 11.6. The van der Waals surface area contributed by atoms with Crippen molar-refractivity contribution >= 4 is 23.4 Å². The minimum absolute atomic E-state index is 0.0143. The fourth-order valence-corrected chi connectivity index (χ4v) is 1.22. The van der Waals surface area contributed by atoms with E-state index in [-0.39, 0.29) is 23.6 Å². The van der Waals surface area contributed by atoms with E-state index < -0.39 is 22.7 Å². The largest absolute Gasteiger partial charge is 0.481 e. The molecule has 0 saturated carbocycles. The number of primary amides is 1. The SMILES string of the molecule is CC(CNc1ncc([N+](=O)[O-])cc1C(N)=O)C(=O)O. The van der Waals surface area contributed by atoms with Gasteiger partial charge in [-0.25, -0.2) is 4.98 Å². The van der Waals surface area contributed by atoms with Gasteiger partial charge in [-0.05, 0) is 0 Å². The van der Waals surface area contributed by atoms with Crippen molar-refractivity contribution in [1.82, 2.24) is 4.98 Å². The maximum atomic E-state index is 11.2. The van der Waals surface area contributed by atoms with E-state index in [0.717, 1.165) is 12.3 Å². The van der Waals surface area contributed by atoms with E-state index in [4.69, 9.17) is 10.8 Å².